The number of esters is 2. The second-order valence-corrected chi connectivity index (χ2v) is 9.32. The number of ether oxygens (including phenoxy) is 3. The van der Waals surface area contributed by atoms with E-state index >= 15 is 0 Å². The third-order valence-corrected chi connectivity index (χ3v) is 6.35. The minimum Gasteiger partial charge on any atom is -0.490 e. The summed E-state index contributed by atoms with van der Waals surface area (Å²) in [7, 11) is 3.09. The Labute approximate surface area is 249 Å². The topological polar surface area (TPSA) is 103 Å². The van der Waals surface area contributed by atoms with Gasteiger partial charge in [-0.05, 0) is 50.2 Å². The van der Waals surface area contributed by atoms with E-state index in [0.717, 1.165) is 24.9 Å². The van der Waals surface area contributed by atoms with E-state index in [1.807, 2.05) is 37.4 Å². The molecule has 0 spiro atoms. The summed E-state index contributed by atoms with van der Waals surface area (Å²) in [6.07, 6.45) is 1.75. The van der Waals surface area contributed by atoms with Crippen LogP contribution in [0.4, 0.5) is 0 Å². The zero-order chi connectivity index (χ0) is 28.2. The average molecular weight is 610 g/mol. The van der Waals surface area contributed by atoms with Crippen LogP contribution in [-0.2, 0) is 16.0 Å². The number of rotatable bonds is 13. The van der Waals surface area contributed by atoms with E-state index in [4.69, 9.17) is 37.4 Å². The zero-order valence-electron chi connectivity index (χ0n) is 22.1. The lowest BCUT2D eigenvalue weighted by molar-refractivity contribution is -0.142. The van der Waals surface area contributed by atoms with Gasteiger partial charge in [0.15, 0.2) is 11.5 Å². The molecular formula is C29H31Cl3N2O6. The Balaban J connectivity index is 0.00000560. The molecule has 3 aromatic rings. The molecule has 0 aliphatic heterocycles. The Hall–Kier alpha value is -3.30. The number of hydrogen-bond acceptors (Lipinski definition) is 7. The number of nitrogens with one attached hydrogen (secondary N) is 2. The van der Waals surface area contributed by atoms with Crippen molar-refractivity contribution in [2.45, 2.75) is 25.3 Å². The molecule has 0 aliphatic rings. The van der Waals surface area contributed by atoms with Crippen molar-refractivity contribution in [3.8, 4) is 11.5 Å². The van der Waals surface area contributed by atoms with Crippen LogP contribution in [0.15, 0.2) is 66.7 Å². The van der Waals surface area contributed by atoms with Crippen molar-refractivity contribution >= 4 is 53.5 Å². The Morgan fingerprint density at radius 3 is 2.20 bits per heavy atom. The Kier molecular flexibility index (Phi) is 13.8. The molecule has 3 rings (SSSR count). The molecule has 8 nitrogen and oxygen atoms in total. The second kappa shape index (κ2) is 16.7. The number of hydrogen-bond donors (Lipinski definition) is 2. The summed E-state index contributed by atoms with van der Waals surface area (Å²) in [5, 5.41) is 5.63. The van der Waals surface area contributed by atoms with Crippen LogP contribution < -0.4 is 20.1 Å². The molecule has 0 bridgehead atoms. The van der Waals surface area contributed by atoms with E-state index in [9.17, 15) is 14.4 Å². The molecule has 0 fully saturated rings. The summed E-state index contributed by atoms with van der Waals surface area (Å²) >= 11 is 13.1. The van der Waals surface area contributed by atoms with Gasteiger partial charge < -0.3 is 24.8 Å². The third kappa shape index (κ3) is 9.13. The maximum absolute atomic E-state index is 13.5. The van der Waals surface area contributed by atoms with Crippen LogP contribution in [-0.4, -0.2) is 51.2 Å². The SMILES string of the molecule is CNCCCCOc1c(Cl)cc(C(=O)N[C@@H](Cc2ccccc2)C(=O)OC)c(OC(=O)c2ccccc2)c1Cl.Cl. The minimum absolute atomic E-state index is 0. The lowest BCUT2D eigenvalue weighted by atomic mass is 10.1. The number of benzene rings is 3. The maximum Gasteiger partial charge on any atom is 0.343 e. The summed E-state index contributed by atoms with van der Waals surface area (Å²) in [6, 6.07) is 17.7. The van der Waals surface area contributed by atoms with Crippen molar-refractivity contribution in [1.82, 2.24) is 10.6 Å². The summed E-state index contributed by atoms with van der Waals surface area (Å²) in [5.41, 5.74) is 0.918. The summed E-state index contributed by atoms with van der Waals surface area (Å²) in [5.74, 6) is -2.26. The Bertz CT molecular complexity index is 1280. The van der Waals surface area contributed by atoms with Gasteiger partial charge in [0.05, 0.1) is 29.9 Å². The van der Waals surface area contributed by atoms with Gasteiger partial charge in [-0.1, -0.05) is 71.7 Å². The first-order chi connectivity index (χ1) is 18.8. The standard InChI is InChI=1S/C29H30Cl2N2O6.ClH/c1-32-15-9-10-16-38-26-22(30)18-21(25(24(26)31)39-28(35)20-13-7-4-8-14-20)27(34)33-23(29(36)37-2)17-19-11-5-3-6-12-19;/h3-8,11-14,18,23,32H,9-10,15-17H2,1-2H3,(H,33,34);1H/t23-;/m0./s1. The first kappa shape index (κ1) is 32.9. The smallest absolute Gasteiger partial charge is 0.343 e. The molecule has 0 heterocycles. The lowest BCUT2D eigenvalue weighted by Gasteiger charge is -2.20. The highest BCUT2D eigenvalue weighted by Crippen LogP contribution is 2.43. The first-order valence-electron chi connectivity index (χ1n) is 12.3. The lowest BCUT2D eigenvalue weighted by Crippen LogP contribution is -2.43. The predicted octanol–water partition coefficient (Wildman–Crippen LogP) is 5.53. The molecule has 0 unspecified atom stereocenters. The summed E-state index contributed by atoms with van der Waals surface area (Å²) in [4.78, 5) is 38.9. The fourth-order valence-electron chi connectivity index (χ4n) is 3.71. The van der Waals surface area contributed by atoms with Crippen molar-refractivity contribution in [1.29, 1.82) is 0 Å². The highest BCUT2D eigenvalue weighted by atomic mass is 35.5. The van der Waals surface area contributed by atoms with E-state index < -0.39 is 23.9 Å². The Morgan fingerprint density at radius 2 is 1.57 bits per heavy atom. The predicted molar refractivity (Wildman–Crippen MR) is 157 cm³/mol. The van der Waals surface area contributed by atoms with Gasteiger partial charge in [-0.25, -0.2) is 9.59 Å². The highest BCUT2D eigenvalue weighted by Gasteiger charge is 2.29. The van der Waals surface area contributed by atoms with E-state index in [2.05, 4.69) is 10.6 Å². The summed E-state index contributed by atoms with van der Waals surface area (Å²) in [6.45, 7) is 1.12. The molecule has 2 N–H and O–H groups in total. The number of carbonyl (C=O) groups is 3. The van der Waals surface area contributed by atoms with Gasteiger partial charge in [0.2, 0.25) is 0 Å². The Morgan fingerprint density at radius 1 is 0.925 bits per heavy atom. The third-order valence-electron chi connectivity index (χ3n) is 5.72. The quantitative estimate of drug-likeness (QED) is 0.149. The van der Waals surface area contributed by atoms with Crippen LogP contribution in [0.1, 0.15) is 39.1 Å². The zero-order valence-corrected chi connectivity index (χ0v) is 24.4. The molecule has 1 atom stereocenters. The van der Waals surface area contributed by atoms with E-state index in [0.29, 0.717) is 6.61 Å². The van der Waals surface area contributed by atoms with Crippen molar-refractivity contribution in [2.24, 2.45) is 0 Å². The average Bonchev–Trinajstić information content (AvgIpc) is 2.95. The number of carbonyl (C=O) groups excluding carboxylic acids is 3. The van der Waals surface area contributed by atoms with Crippen LogP contribution in [0.5, 0.6) is 11.5 Å². The fourth-order valence-corrected chi connectivity index (χ4v) is 4.31. The molecule has 0 radical (unpaired) electrons. The number of amides is 1. The second-order valence-electron chi connectivity index (χ2n) is 8.53. The molecular weight excluding hydrogens is 579 g/mol. The van der Waals surface area contributed by atoms with Crippen LogP contribution >= 0.6 is 35.6 Å². The van der Waals surface area contributed by atoms with Crippen molar-refractivity contribution in [3.05, 3.63) is 93.5 Å². The monoisotopic (exact) mass is 608 g/mol. The van der Waals surface area contributed by atoms with E-state index in [1.54, 1.807) is 30.3 Å². The van der Waals surface area contributed by atoms with E-state index in [1.165, 1.54) is 13.2 Å². The van der Waals surface area contributed by atoms with Crippen LogP contribution in [0.25, 0.3) is 0 Å². The van der Waals surface area contributed by atoms with Gasteiger partial charge in [0, 0.05) is 6.42 Å². The van der Waals surface area contributed by atoms with Gasteiger partial charge in [0.1, 0.15) is 11.1 Å². The number of halogens is 3. The fraction of sp³-hybridized carbons (Fsp3) is 0.276. The molecule has 0 saturated carbocycles. The van der Waals surface area contributed by atoms with Crippen LogP contribution in [0.3, 0.4) is 0 Å². The molecule has 0 aromatic heterocycles. The number of methoxy groups -OCH3 is 1. The highest BCUT2D eigenvalue weighted by molar-refractivity contribution is 6.39. The van der Waals surface area contributed by atoms with Crippen LogP contribution in [0, 0.1) is 0 Å². The van der Waals surface area contributed by atoms with Crippen molar-refractivity contribution < 1.29 is 28.6 Å². The molecule has 11 heteroatoms. The number of unbranched alkanes of at least 4 members (excludes halogenated alkanes) is 1. The normalized spacial score (nSPS) is 11.1. The molecule has 214 valence electrons. The van der Waals surface area contributed by atoms with Crippen LogP contribution in [0.2, 0.25) is 10.0 Å². The summed E-state index contributed by atoms with van der Waals surface area (Å²) < 4.78 is 16.3. The minimum atomic E-state index is -1.02. The van der Waals surface area contributed by atoms with Gasteiger partial charge in [-0.3, -0.25) is 4.79 Å². The maximum atomic E-state index is 13.5. The molecule has 0 saturated heterocycles. The molecule has 1 amide bonds. The van der Waals surface area contributed by atoms with Gasteiger partial charge in [0.25, 0.3) is 5.91 Å². The van der Waals surface area contributed by atoms with Gasteiger partial charge in [-0.15, -0.1) is 12.4 Å². The van der Waals surface area contributed by atoms with E-state index in [-0.39, 0.29) is 51.5 Å². The van der Waals surface area contributed by atoms with Gasteiger partial charge in [-0.2, -0.15) is 0 Å². The molecule has 3 aromatic carbocycles. The van der Waals surface area contributed by atoms with Gasteiger partial charge >= 0.3 is 11.9 Å². The van der Waals surface area contributed by atoms with Crippen molar-refractivity contribution in [3.63, 3.8) is 0 Å². The molecule has 40 heavy (non-hydrogen) atoms. The first-order valence-corrected chi connectivity index (χ1v) is 13.1. The largest absolute Gasteiger partial charge is 0.490 e. The molecule has 0 aliphatic carbocycles. The van der Waals surface area contributed by atoms with Crippen molar-refractivity contribution in [2.75, 3.05) is 27.3 Å².